The van der Waals surface area contributed by atoms with Crippen molar-refractivity contribution in [2.24, 2.45) is 0 Å². The number of benzene rings is 8. The maximum Gasteiger partial charge on any atom is 0.159 e. The minimum Gasteiger partial charge on any atom is -0.453 e. The lowest BCUT2D eigenvalue weighted by atomic mass is 10.0. The molecule has 49 heavy (non-hydrogen) atoms. The van der Waals surface area contributed by atoms with Gasteiger partial charge in [0.25, 0.3) is 0 Å². The molecule has 3 heteroatoms. The molecule has 0 aliphatic carbocycles. The Morgan fingerprint density at radius 1 is 0.388 bits per heavy atom. The number of nitrogens with zero attached hydrogens (tertiary/aromatic N) is 1. The molecule has 0 amide bonds. The molecule has 10 rings (SSSR count). The van der Waals surface area contributed by atoms with Gasteiger partial charge in [0.1, 0.15) is 5.58 Å². The molecule has 0 aliphatic heterocycles. The standard InChI is InChI=1S/C46H29NOS/c1-2-11-32(12-3-1)37-15-8-16-39-40-17-9-18-42(46(40)48-45(37)39)47(36-26-22-30-10-4-5-13-33(30)28-36)35-24-20-31(21-25-35)34-23-27-44-41(29-34)38-14-6-7-19-43(38)49-44/h1-29H. The van der Waals surface area contributed by atoms with E-state index >= 15 is 0 Å². The van der Waals surface area contributed by atoms with Crippen molar-refractivity contribution in [3.63, 3.8) is 0 Å². The van der Waals surface area contributed by atoms with E-state index in [-0.39, 0.29) is 0 Å². The van der Waals surface area contributed by atoms with E-state index in [1.807, 2.05) is 11.3 Å². The van der Waals surface area contributed by atoms with Crippen molar-refractivity contribution in [2.75, 3.05) is 4.90 Å². The summed E-state index contributed by atoms with van der Waals surface area (Å²) in [4.78, 5) is 2.33. The largest absolute Gasteiger partial charge is 0.453 e. The van der Waals surface area contributed by atoms with Crippen LogP contribution >= 0.6 is 11.3 Å². The lowest BCUT2D eigenvalue weighted by Gasteiger charge is -2.26. The highest BCUT2D eigenvalue weighted by atomic mass is 32.1. The lowest BCUT2D eigenvalue weighted by molar-refractivity contribution is 0.670. The smallest absolute Gasteiger partial charge is 0.159 e. The normalized spacial score (nSPS) is 11.7. The molecule has 2 heterocycles. The van der Waals surface area contributed by atoms with Crippen LogP contribution in [-0.4, -0.2) is 0 Å². The Kier molecular flexibility index (Phi) is 6.39. The van der Waals surface area contributed by atoms with E-state index in [0.29, 0.717) is 0 Å². The molecule has 2 nitrogen and oxygen atoms in total. The average molecular weight is 644 g/mol. The van der Waals surface area contributed by atoms with Gasteiger partial charge < -0.3 is 9.32 Å². The van der Waals surface area contributed by atoms with Crippen molar-refractivity contribution < 1.29 is 4.42 Å². The van der Waals surface area contributed by atoms with E-state index < -0.39 is 0 Å². The highest BCUT2D eigenvalue weighted by Gasteiger charge is 2.21. The fourth-order valence-corrected chi connectivity index (χ4v) is 8.36. The number of hydrogen-bond donors (Lipinski definition) is 0. The summed E-state index contributed by atoms with van der Waals surface area (Å²) in [5, 5.41) is 7.25. The number of furan rings is 1. The third-order valence-electron chi connectivity index (χ3n) is 9.66. The average Bonchev–Trinajstić information content (AvgIpc) is 3.74. The number of anilines is 3. The van der Waals surface area contributed by atoms with E-state index in [1.54, 1.807) is 0 Å². The highest BCUT2D eigenvalue weighted by molar-refractivity contribution is 7.25. The zero-order valence-corrected chi connectivity index (χ0v) is 27.3. The molecule has 0 unspecified atom stereocenters. The first-order chi connectivity index (χ1) is 24.3. The monoisotopic (exact) mass is 643 g/mol. The molecule has 0 radical (unpaired) electrons. The molecule has 0 atom stereocenters. The number of thiophene rings is 1. The molecule has 0 spiro atoms. The molecule has 0 fully saturated rings. The Morgan fingerprint density at radius 3 is 1.94 bits per heavy atom. The summed E-state index contributed by atoms with van der Waals surface area (Å²) in [5.74, 6) is 0. The fourth-order valence-electron chi connectivity index (χ4n) is 7.28. The summed E-state index contributed by atoms with van der Waals surface area (Å²) in [6, 6.07) is 63.1. The molecule has 0 bridgehead atoms. The summed E-state index contributed by atoms with van der Waals surface area (Å²) in [6.45, 7) is 0. The Labute approximate surface area is 287 Å². The van der Waals surface area contributed by atoms with Crippen molar-refractivity contribution in [1.82, 2.24) is 0 Å². The van der Waals surface area contributed by atoms with Crippen LogP contribution in [0.4, 0.5) is 17.1 Å². The van der Waals surface area contributed by atoms with E-state index in [0.717, 1.165) is 50.1 Å². The summed E-state index contributed by atoms with van der Waals surface area (Å²) in [6.07, 6.45) is 0. The van der Waals surface area contributed by atoms with E-state index in [9.17, 15) is 0 Å². The molecule has 8 aromatic carbocycles. The van der Waals surface area contributed by atoms with Crippen LogP contribution in [0.1, 0.15) is 0 Å². The van der Waals surface area contributed by atoms with Crippen LogP contribution in [0.2, 0.25) is 0 Å². The van der Waals surface area contributed by atoms with Gasteiger partial charge in [-0.05, 0) is 76.0 Å². The van der Waals surface area contributed by atoms with Crippen LogP contribution in [0.3, 0.4) is 0 Å². The lowest BCUT2D eigenvalue weighted by Crippen LogP contribution is -2.10. The summed E-state index contributed by atoms with van der Waals surface area (Å²) >= 11 is 1.85. The van der Waals surface area contributed by atoms with Gasteiger partial charge in [0.05, 0.1) is 5.69 Å². The minimum absolute atomic E-state index is 0.868. The van der Waals surface area contributed by atoms with Gasteiger partial charge in [-0.15, -0.1) is 11.3 Å². The topological polar surface area (TPSA) is 16.4 Å². The van der Waals surface area contributed by atoms with Gasteiger partial charge in [-0.2, -0.15) is 0 Å². The van der Waals surface area contributed by atoms with Crippen molar-refractivity contribution in [1.29, 1.82) is 0 Å². The van der Waals surface area contributed by atoms with Gasteiger partial charge in [-0.3, -0.25) is 0 Å². The maximum absolute atomic E-state index is 6.90. The minimum atomic E-state index is 0.868. The maximum atomic E-state index is 6.90. The molecule has 0 saturated carbocycles. The van der Waals surface area contributed by atoms with Gasteiger partial charge in [0, 0.05) is 47.9 Å². The first kappa shape index (κ1) is 27.9. The number of fused-ring (bicyclic) bond motifs is 7. The second-order valence-corrected chi connectivity index (χ2v) is 13.6. The second-order valence-electron chi connectivity index (χ2n) is 12.5. The van der Waals surface area contributed by atoms with Crippen LogP contribution in [0.15, 0.2) is 180 Å². The highest BCUT2D eigenvalue weighted by Crippen LogP contribution is 2.45. The summed E-state index contributed by atoms with van der Waals surface area (Å²) < 4.78 is 9.54. The van der Waals surface area contributed by atoms with Gasteiger partial charge in [0.15, 0.2) is 5.58 Å². The Balaban J connectivity index is 1.15. The van der Waals surface area contributed by atoms with Crippen molar-refractivity contribution in [3.8, 4) is 22.3 Å². The van der Waals surface area contributed by atoms with Crippen LogP contribution in [0.25, 0.3) is 75.1 Å². The first-order valence-electron chi connectivity index (χ1n) is 16.6. The molecular weight excluding hydrogens is 615 g/mol. The number of para-hydroxylation sites is 2. The predicted molar refractivity (Wildman–Crippen MR) is 210 cm³/mol. The molecular formula is C46H29NOS. The Morgan fingerprint density at radius 2 is 1.06 bits per heavy atom. The second kappa shape index (κ2) is 11.2. The molecule has 0 saturated heterocycles. The first-order valence-corrected chi connectivity index (χ1v) is 17.4. The SMILES string of the molecule is c1ccc(-c2cccc3c2oc2c(N(c4ccc(-c5ccc6sc7ccccc7c6c5)cc4)c4ccc5ccccc5c4)cccc23)cc1. The van der Waals surface area contributed by atoms with Crippen molar-refractivity contribution in [2.45, 2.75) is 0 Å². The fraction of sp³-hybridized carbons (Fsp3) is 0. The Bertz CT molecular complexity index is 2830. The van der Waals surface area contributed by atoms with Gasteiger partial charge in [-0.1, -0.05) is 127 Å². The van der Waals surface area contributed by atoms with E-state index in [1.165, 1.54) is 42.1 Å². The van der Waals surface area contributed by atoms with Gasteiger partial charge in [0.2, 0.25) is 0 Å². The third-order valence-corrected chi connectivity index (χ3v) is 10.8. The van der Waals surface area contributed by atoms with Gasteiger partial charge >= 0.3 is 0 Å². The Hall–Kier alpha value is -6.16. The molecule has 10 aromatic rings. The van der Waals surface area contributed by atoms with E-state index in [4.69, 9.17) is 4.42 Å². The zero-order valence-electron chi connectivity index (χ0n) is 26.5. The zero-order chi connectivity index (χ0) is 32.3. The molecule has 230 valence electrons. The molecule has 0 N–H and O–H groups in total. The summed E-state index contributed by atoms with van der Waals surface area (Å²) in [5.41, 5.74) is 9.56. The number of rotatable bonds is 5. The van der Waals surface area contributed by atoms with Crippen molar-refractivity contribution >= 4 is 81.3 Å². The van der Waals surface area contributed by atoms with E-state index in [2.05, 4.69) is 181 Å². The van der Waals surface area contributed by atoms with Crippen molar-refractivity contribution in [3.05, 3.63) is 176 Å². The summed E-state index contributed by atoms with van der Waals surface area (Å²) in [7, 11) is 0. The third kappa shape index (κ3) is 4.62. The van der Waals surface area contributed by atoms with Crippen LogP contribution < -0.4 is 4.90 Å². The van der Waals surface area contributed by atoms with Crippen LogP contribution in [0.5, 0.6) is 0 Å². The van der Waals surface area contributed by atoms with Crippen LogP contribution in [0, 0.1) is 0 Å². The molecule has 0 aliphatic rings. The quantitative estimate of drug-likeness (QED) is 0.186. The van der Waals surface area contributed by atoms with Crippen LogP contribution in [-0.2, 0) is 0 Å². The predicted octanol–water partition coefficient (Wildman–Crippen LogP) is 13.9. The molecule has 2 aromatic heterocycles. The van der Waals surface area contributed by atoms with Gasteiger partial charge in [-0.25, -0.2) is 0 Å². The number of hydrogen-bond acceptors (Lipinski definition) is 3.